The minimum Gasteiger partial charge on any atom is -0.379 e. The van der Waals surface area contributed by atoms with E-state index in [0.717, 1.165) is 49.0 Å². The predicted molar refractivity (Wildman–Crippen MR) is 85.8 cm³/mol. The molecular formula is C17H18N4O. The monoisotopic (exact) mass is 294 g/mol. The molecule has 2 fully saturated rings. The lowest BCUT2D eigenvalue weighted by Crippen LogP contribution is -2.12. The number of aldehydes is 1. The quantitative estimate of drug-likeness (QED) is 0.798. The summed E-state index contributed by atoms with van der Waals surface area (Å²) in [5.41, 5.74) is 3.22. The number of anilines is 3. The number of hydrogen-bond donors (Lipinski definition) is 2. The van der Waals surface area contributed by atoms with E-state index >= 15 is 0 Å². The minimum atomic E-state index is 0.458. The average Bonchev–Trinajstić information content (AvgIpc) is 3.43. The van der Waals surface area contributed by atoms with Crippen molar-refractivity contribution in [2.24, 2.45) is 0 Å². The third-order valence-electron chi connectivity index (χ3n) is 4.00. The minimum absolute atomic E-state index is 0.458. The number of hydrogen-bond acceptors (Lipinski definition) is 5. The number of para-hydroxylation sites is 1. The lowest BCUT2D eigenvalue weighted by molar-refractivity contribution is 0.111. The molecule has 2 aromatic rings. The summed E-state index contributed by atoms with van der Waals surface area (Å²) >= 11 is 0. The Morgan fingerprint density at radius 1 is 1.05 bits per heavy atom. The number of carbonyl (C=O) groups is 1. The van der Waals surface area contributed by atoms with E-state index in [-0.39, 0.29) is 0 Å². The fourth-order valence-electron chi connectivity index (χ4n) is 2.52. The fourth-order valence-corrected chi connectivity index (χ4v) is 2.52. The number of benzene rings is 1. The molecule has 112 valence electrons. The molecule has 1 heterocycles. The molecule has 0 aliphatic heterocycles. The summed E-state index contributed by atoms with van der Waals surface area (Å²) in [6.07, 6.45) is 5.42. The molecule has 4 rings (SSSR count). The van der Waals surface area contributed by atoms with Crippen molar-refractivity contribution >= 4 is 23.6 Å². The smallest absolute Gasteiger partial charge is 0.228 e. The van der Waals surface area contributed by atoms with Crippen LogP contribution in [0.4, 0.5) is 17.3 Å². The highest BCUT2D eigenvalue weighted by molar-refractivity contribution is 5.84. The molecular weight excluding hydrogens is 276 g/mol. The Bertz CT molecular complexity index is 693. The van der Waals surface area contributed by atoms with Gasteiger partial charge in [-0.1, -0.05) is 18.2 Å². The molecule has 0 atom stereocenters. The Kier molecular flexibility index (Phi) is 3.25. The van der Waals surface area contributed by atoms with Crippen molar-refractivity contribution in [1.29, 1.82) is 0 Å². The normalized spacial score (nSPS) is 17.1. The van der Waals surface area contributed by atoms with Crippen molar-refractivity contribution < 1.29 is 4.79 Å². The van der Waals surface area contributed by atoms with Gasteiger partial charge in [0, 0.05) is 17.6 Å². The summed E-state index contributed by atoms with van der Waals surface area (Å²) in [5, 5.41) is 6.62. The summed E-state index contributed by atoms with van der Waals surface area (Å²) in [7, 11) is 0. The van der Waals surface area contributed by atoms with Crippen molar-refractivity contribution in [3.63, 3.8) is 0 Å². The summed E-state index contributed by atoms with van der Waals surface area (Å²) in [4.78, 5) is 20.5. The summed E-state index contributed by atoms with van der Waals surface area (Å²) in [6.45, 7) is 0. The summed E-state index contributed by atoms with van der Waals surface area (Å²) < 4.78 is 0. The predicted octanol–water partition coefficient (Wildman–Crippen LogP) is 3.48. The maximum atomic E-state index is 11.5. The van der Waals surface area contributed by atoms with Crippen LogP contribution in [0.25, 0.3) is 0 Å². The first-order valence-electron chi connectivity index (χ1n) is 7.79. The van der Waals surface area contributed by atoms with Crippen LogP contribution in [0.1, 0.15) is 47.8 Å². The first kappa shape index (κ1) is 13.2. The van der Waals surface area contributed by atoms with Crippen LogP contribution in [0, 0.1) is 0 Å². The van der Waals surface area contributed by atoms with Gasteiger partial charge in [-0.25, -0.2) is 9.97 Å². The van der Waals surface area contributed by atoms with Gasteiger partial charge in [-0.05, 0) is 37.8 Å². The van der Waals surface area contributed by atoms with Gasteiger partial charge in [0.1, 0.15) is 5.69 Å². The first-order chi connectivity index (χ1) is 10.8. The van der Waals surface area contributed by atoms with Crippen LogP contribution < -0.4 is 10.6 Å². The van der Waals surface area contributed by atoms with Crippen molar-refractivity contribution in [1.82, 2.24) is 9.97 Å². The largest absolute Gasteiger partial charge is 0.379 e. The van der Waals surface area contributed by atoms with E-state index in [2.05, 4.69) is 20.6 Å². The highest BCUT2D eigenvalue weighted by atomic mass is 16.1. The van der Waals surface area contributed by atoms with Gasteiger partial charge in [0.25, 0.3) is 0 Å². The second-order valence-corrected chi connectivity index (χ2v) is 5.99. The van der Waals surface area contributed by atoms with Crippen molar-refractivity contribution in [2.45, 2.75) is 37.6 Å². The summed E-state index contributed by atoms with van der Waals surface area (Å²) in [5.74, 6) is 0.954. The molecule has 2 N–H and O–H groups in total. The number of rotatable bonds is 6. The van der Waals surface area contributed by atoms with Crippen LogP contribution in [0.3, 0.4) is 0 Å². The molecule has 0 unspecified atom stereocenters. The molecule has 5 nitrogen and oxygen atoms in total. The van der Waals surface area contributed by atoms with E-state index in [9.17, 15) is 4.79 Å². The highest BCUT2D eigenvalue weighted by Gasteiger charge is 2.32. The Hall–Kier alpha value is -2.43. The zero-order valence-corrected chi connectivity index (χ0v) is 12.2. The average molecular weight is 294 g/mol. The van der Waals surface area contributed by atoms with Gasteiger partial charge in [0.2, 0.25) is 5.95 Å². The SMILES string of the molecule is O=Cc1nc(Nc2ccccc2)nc(C2CC2)c1NC1CC1. The maximum Gasteiger partial charge on any atom is 0.228 e. The Morgan fingerprint density at radius 2 is 1.82 bits per heavy atom. The lowest BCUT2D eigenvalue weighted by Gasteiger charge is -2.14. The molecule has 22 heavy (non-hydrogen) atoms. The first-order valence-corrected chi connectivity index (χ1v) is 7.79. The highest BCUT2D eigenvalue weighted by Crippen LogP contribution is 2.44. The molecule has 0 saturated heterocycles. The van der Waals surface area contributed by atoms with Gasteiger partial charge < -0.3 is 10.6 Å². The van der Waals surface area contributed by atoms with E-state index in [1.165, 1.54) is 0 Å². The van der Waals surface area contributed by atoms with E-state index in [1.807, 2.05) is 30.3 Å². The van der Waals surface area contributed by atoms with Gasteiger partial charge in [0.15, 0.2) is 6.29 Å². The van der Waals surface area contributed by atoms with Crippen LogP contribution in [-0.4, -0.2) is 22.3 Å². The third-order valence-corrected chi connectivity index (χ3v) is 4.00. The van der Waals surface area contributed by atoms with Crippen molar-refractivity contribution in [3.8, 4) is 0 Å². The van der Waals surface area contributed by atoms with Crippen molar-refractivity contribution in [2.75, 3.05) is 10.6 Å². The molecule has 0 radical (unpaired) electrons. The van der Waals surface area contributed by atoms with Crippen molar-refractivity contribution in [3.05, 3.63) is 41.7 Å². The van der Waals surface area contributed by atoms with Crippen LogP contribution in [-0.2, 0) is 0 Å². The Morgan fingerprint density at radius 3 is 2.45 bits per heavy atom. The fraction of sp³-hybridized carbons (Fsp3) is 0.353. The van der Waals surface area contributed by atoms with Crippen LogP contribution in [0.2, 0.25) is 0 Å². The molecule has 2 aliphatic carbocycles. The number of nitrogens with one attached hydrogen (secondary N) is 2. The zero-order valence-electron chi connectivity index (χ0n) is 12.2. The summed E-state index contributed by atoms with van der Waals surface area (Å²) in [6, 6.07) is 10.3. The zero-order chi connectivity index (χ0) is 14.9. The van der Waals surface area contributed by atoms with Gasteiger partial charge in [-0.2, -0.15) is 0 Å². The number of carbonyl (C=O) groups excluding carboxylic acids is 1. The van der Waals surface area contributed by atoms with Gasteiger partial charge in [-0.15, -0.1) is 0 Å². The van der Waals surface area contributed by atoms with Crippen LogP contribution in [0.15, 0.2) is 30.3 Å². The van der Waals surface area contributed by atoms with Gasteiger partial charge in [0.05, 0.1) is 11.4 Å². The van der Waals surface area contributed by atoms with E-state index < -0.39 is 0 Å². The van der Waals surface area contributed by atoms with Gasteiger partial charge >= 0.3 is 0 Å². The second-order valence-electron chi connectivity index (χ2n) is 5.99. The van der Waals surface area contributed by atoms with Crippen LogP contribution in [0.5, 0.6) is 0 Å². The van der Waals surface area contributed by atoms with Gasteiger partial charge in [-0.3, -0.25) is 4.79 Å². The Labute approximate surface area is 129 Å². The standard InChI is InChI=1S/C17H18N4O/c22-10-14-16(18-13-8-9-13)15(11-6-7-11)21-17(20-14)19-12-4-2-1-3-5-12/h1-5,10-11,13,18H,6-9H2,(H,19,20,21). The maximum absolute atomic E-state index is 11.5. The Balaban J connectivity index is 1.70. The molecule has 5 heteroatoms. The molecule has 0 amide bonds. The molecule has 2 aliphatic rings. The molecule has 1 aromatic carbocycles. The van der Waals surface area contributed by atoms with Crippen LogP contribution >= 0.6 is 0 Å². The third kappa shape index (κ3) is 2.79. The molecule has 2 saturated carbocycles. The number of aromatic nitrogens is 2. The second kappa shape index (κ2) is 5.40. The topological polar surface area (TPSA) is 66.9 Å². The van der Waals surface area contributed by atoms with E-state index in [0.29, 0.717) is 23.6 Å². The number of nitrogens with zero attached hydrogens (tertiary/aromatic N) is 2. The molecule has 0 spiro atoms. The molecule has 0 bridgehead atoms. The lowest BCUT2D eigenvalue weighted by atomic mass is 10.2. The molecule has 1 aromatic heterocycles. The van der Waals surface area contributed by atoms with E-state index in [1.54, 1.807) is 0 Å². The van der Waals surface area contributed by atoms with E-state index in [4.69, 9.17) is 0 Å².